The van der Waals surface area contributed by atoms with Gasteiger partial charge in [0, 0.05) is 12.5 Å². The molecule has 0 fully saturated rings. The van der Waals surface area contributed by atoms with Gasteiger partial charge in [0.25, 0.3) is 5.56 Å². The lowest BCUT2D eigenvalue weighted by atomic mass is 10.1. The summed E-state index contributed by atoms with van der Waals surface area (Å²) < 4.78 is 39.3. The van der Waals surface area contributed by atoms with Crippen molar-refractivity contribution >= 4 is 11.6 Å². The molecule has 0 aliphatic heterocycles. The molecule has 0 radical (unpaired) electrons. The summed E-state index contributed by atoms with van der Waals surface area (Å²) in [6.45, 7) is 0. The molecule has 0 atom stereocenters. The zero-order chi connectivity index (χ0) is 17.1. The molecule has 0 saturated heterocycles. The highest BCUT2D eigenvalue weighted by atomic mass is 19.1. The smallest absolute Gasteiger partial charge is 0.274 e. The van der Waals surface area contributed by atoms with Crippen LogP contribution < -0.4 is 10.9 Å². The maximum absolute atomic E-state index is 13.6. The summed E-state index contributed by atoms with van der Waals surface area (Å²) in [6.07, 6.45) is 0.174. The van der Waals surface area contributed by atoms with Gasteiger partial charge in [0.2, 0.25) is 5.95 Å². The van der Waals surface area contributed by atoms with E-state index in [-0.39, 0.29) is 29.6 Å². The number of hydrogen-bond donors (Lipinski definition) is 2. The van der Waals surface area contributed by atoms with Gasteiger partial charge in [0.05, 0.1) is 5.69 Å². The summed E-state index contributed by atoms with van der Waals surface area (Å²) in [6, 6.07) is 8.59. The van der Waals surface area contributed by atoms with Crippen molar-refractivity contribution in [2.45, 2.75) is 6.42 Å². The first-order valence-corrected chi connectivity index (χ1v) is 6.93. The third-order valence-corrected chi connectivity index (χ3v) is 3.23. The molecule has 8 heteroatoms. The first-order chi connectivity index (χ1) is 11.5. The van der Waals surface area contributed by atoms with Gasteiger partial charge in [-0.15, -0.1) is 10.2 Å². The van der Waals surface area contributed by atoms with Crippen molar-refractivity contribution in [3.63, 3.8) is 0 Å². The Morgan fingerprint density at radius 3 is 2.33 bits per heavy atom. The maximum Gasteiger partial charge on any atom is 0.274 e. The molecule has 122 valence electrons. The molecule has 2 aromatic carbocycles. The molecule has 1 aromatic heterocycles. The molecule has 2 N–H and O–H groups in total. The zero-order valence-corrected chi connectivity index (χ0v) is 12.2. The number of rotatable bonds is 4. The zero-order valence-electron chi connectivity index (χ0n) is 12.2. The van der Waals surface area contributed by atoms with E-state index < -0.39 is 17.2 Å². The monoisotopic (exact) mass is 332 g/mol. The molecule has 0 amide bonds. The summed E-state index contributed by atoms with van der Waals surface area (Å²) in [5.41, 5.74) is 0.264. The van der Waals surface area contributed by atoms with E-state index in [1.165, 1.54) is 30.3 Å². The Morgan fingerprint density at radius 2 is 1.67 bits per heavy atom. The second-order valence-electron chi connectivity index (χ2n) is 5.00. The van der Waals surface area contributed by atoms with Crippen molar-refractivity contribution in [2.24, 2.45) is 0 Å². The van der Waals surface area contributed by atoms with E-state index in [4.69, 9.17) is 0 Å². The van der Waals surface area contributed by atoms with Gasteiger partial charge in [-0.2, -0.15) is 0 Å². The molecule has 3 aromatic rings. The first-order valence-electron chi connectivity index (χ1n) is 6.93. The normalized spacial score (nSPS) is 10.6. The van der Waals surface area contributed by atoms with Gasteiger partial charge < -0.3 is 5.32 Å². The summed E-state index contributed by atoms with van der Waals surface area (Å²) >= 11 is 0. The standard InChI is InChI=1S/C16H11F3N4O/c17-10-3-1-9(2-4-10)7-14-15(24)21-16(23-22-14)20-13-6-5-11(18)8-12(13)19/h1-6,8H,7H2,(H2,20,21,23,24). The average molecular weight is 332 g/mol. The number of nitrogens with zero attached hydrogens (tertiary/aromatic N) is 2. The van der Waals surface area contributed by atoms with E-state index in [1.54, 1.807) is 0 Å². The molecule has 3 rings (SSSR count). The molecule has 0 unspecified atom stereocenters. The largest absolute Gasteiger partial charge is 0.322 e. The fraction of sp³-hybridized carbons (Fsp3) is 0.0625. The number of halogens is 3. The van der Waals surface area contributed by atoms with E-state index in [0.29, 0.717) is 11.6 Å². The van der Waals surface area contributed by atoms with E-state index in [2.05, 4.69) is 20.5 Å². The van der Waals surface area contributed by atoms with E-state index in [0.717, 1.165) is 6.07 Å². The van der Waals surface area contributed by atoms with Crippen molar-refractivity contribution in [1.29, 1.82) is 0 Å². The van der Waals surface area contributed by atoms with Crippen LogP contribution in [-0.2, 0) is 6.42 Å². The summed E-state index contributed by atoms with van der Waals surface area (Å²) in [7, 11) is 0. The molecule has 5 nitrogen and oxygen atoms in total. The SMILES string of the molecule is O=c1[nH]c(Nc2ccc(F)cc2F)nnc1Cc1ccc(F)cc1. The van der Waals surface area contributed by atoms with Crippen LogP contribution in [0.25, 0.3) is 0 Å². The lowest BCUT2D eigenvalue weighted by Crippen LogP contribution is -2.19. The van der Waals surface area contributed by atoms with Crippen LogP contribution in [-0.4, -0.2) is 15.2 Å². The van der Waals surface area contributed by atoms with Gasteiger partial charge in [-0.25, -0.2) is 13.2 Å². The van der Waals surface area contributed by atoms with Gasteiger partial charge >= 0.3 is 0 Å². The van der Waals surface area contributed by atoms with E-state index in [1.807, 2.05) is 0 Å². The van der Waals surface area contributed by atoms with Crippen molar-refractivity contribution in [3.05, 3.63) is 81.5 Å². The summed E-state index contributed by atoms with van der Waals surface area (Å²) in [5, 5.41) is 10.1. The summed E-state index contributed by atoms with van der Waals surface area (Å²) in [5.74, 6) is -1.99. The minimum atomic E-state index is -0.826. The van der Waals surface area contributed by atoms with Crippen molar-refractivity contribution in [3.8, 4) is 0 Å². The first kappa shape index (κ1) is 15.7. The Bertz CT molecular complexity index is 925. The van der Waals surface area contributed by atoms with Gasteiger partial charge in [-0.1, -0.05) is 12.1 Å². The maximum atomic E-state index is 13.6. The highest BCUT2D eigenvalue weighted by Crippen LogP contribution is 2.17. The molecular formula is C16H11F3N4O. The number of H-pyrrole nitrogens is 1. The molecule has 24 heavy (non-hydrogen) atoms. The van der Waals surface area contributed by atoms with Crippen LogP contribution in [0.5, 0.6) is 0 Å². The van der Waals surface area contributed by atoms with E-state index in [9.17, 15) is 18.0 Å². The average Bonchev–Trinajstić information content (AvgIpc) is 2.55. The van der Waals surface area contributed by atoms with E-state index >= 15 is 0 Å². The molecular weight excluding hydrogens is 321 g/mol. The number of aromatic amines is 1. The van der Waals surface area contributed by atoms with Crippen LogP contribution in [0.2, 0.25) is 0 Å². The lowest BCUT2D eigenvalue weighted by Gasteiger charge is -2.06. The minimum Gasteiger partial charge on any atom is -0.322 e. The molecule has 0 saturated carbocycles. The van der Waals surface area contributed by atoms with Crippen molar-refractivity contribution in [2.75, 3.05) is 5.32 Å². The van der Waals surface area contributed by atoms with Gasteiger partial charge in [0.1, 0.15) is 23.1 Å². The Morgan fingerprint density at radius 1 is 0.958 bits per heavy atom. The molecule has 0 aliphatic carbocycles. The molecule has 0 bridgehead atoms. The van der Waals surface area contributed by atoms with Crippen LogP contribution >= 0.6 is 0 Å². The van der Waals surface area contributed by atoms with Crippen LogP contribution in [0, 0.1) is 17.5 Å². The van der Waals surface area contributed by atoms with Crippen molar-refractivity contribution in [1.82, 2.24) is 15.2 Å². The Kier molecular flexibility index (Phi) is 4.28. The van der Waals surface area contributed by atoms with Crippen LogP contribution in [0.4, 0.5) is 24.8 Å². The third kappa shape index (κ3) is 3.60. The van der Waals surface area contributed by atoms with Gasteiger partial charge in [-0.3, -0.25) is 9.78 Å². The Hall–Kier alpha value is -3.16. The fourth-order valence-corrected chi connectivity index (χ4v) is 2.05. The minimum absolute atomic E-state index is 0.0485. The quantitative estimate of drug-likeness (QED) is 0.771. The third-order valence-electron chi connectivity index (χ3n) is 3.23. The number of anilines is 2. The predicted molar refractivity (Wildman–Crippen MR) is 81.5 cm³/mol. The molecule has 1 heterocycles. The van der Waals surface area contributed by atoms with Crippen LogP contribution in [0.1, 0.15) is 11.3 Å². The molecule has 0 spiro atoms. The van der Waals surface area contributed by atoms with Crippen molar-refractivity contribution < 1.29 is 13.2 Å². The number of aromatic nitrogens is 3. The van der Waals surface area contributed by atoms with Gasteiger partial charge in [-0.05, 0) is 29.8 Å². The highest BCUT2D eigenvalue weighted by molar-refractivity contribution is 5.53. The number of hydrogen-bond acceptors (Lipinski definition) is 4. The molecule has 0 aliphatic rings. The second kappa shape index (κ2) is 6.53. The van der Waals surface area contributed by atoms with Gasteiger partial charge in [0.15, 0.2) is 0 Å². The second-order valence-corrected chi connectivity index (χ2v) is 5.00. The highest BCUT2D eigenvalue weighted by Gasteiger charge is 2.09. The topological polar surface area (TPSA) is 70.7 Å². The van der Waals surface area contributed by atoms with Crippen LogP contribution in [0.15, 0.2) is 47.3 Å². The summed E-state index contributed by atoms with van der Waals surface area (Å²) in [4.78, 5) is 14.4. The van der Waals surface area contributed by atoms with Crippen LogP contribution in [0.3, 0.4) is 0 Å². The predicted octanol–water partition coefficient (Wildman–Crippen LogP) is 2.92. The lowest BCUT2D eigenvalue weighted by molar-refractivity contribution is 0.586. The fourth-order valence-electron chi connectivity index (χ4n) is 2.05. The Balaban J connectivity index is 1.79. The Labute approximate surface area is 134 Å². The number of benzene rings is 2. The number of nitrogens with one attached hydrogen (secondary N) is 2.